The van der Waals surface area contributed by atoms with Gasteiger partial charge in [0.2, 0.25) is 0 Å². The van der Waals surface area contributed by atoms with Crippen molar-refractivity contribution in [3.8, 4) is 10.8 Å². The van der Waals surface area contributed by atoms with Crippen LogP contribution < -0.4 is 4.74 Å². The molecule has 1 N–H and O–H groups in total. The SMILES string of the molecule is COCCOc1sc(C(=O)OC)c(O)c1Cl. The molecule has 16 heavy (non-hydrogen) atoms. The van der Waals surface area contributed by atoms with E-state index in [1.54, 1.807) is 0 Å². The summed E-state index contributed by atoms with van der Waals surface area (Å²) < 4.78 is 14.5. The van der Waals surface area contributed by atoms with Gasteiger partial charge in [-0.15, -0.1) is 0 Å². The number of thiophene rings is 1. The van der Waals surface area contributed by atoms with Crippen LogP contribution in [0.3, 0.4) is 0 Å². The number of carbonyl (C=O) groups excluding carboxylic acids is 1. The standard InChI is InChI=1S/C9H11ClO5S/c1-13-3-4-15-9-5(10)6(11)7(16-9)8(12)14-2/h11H,3-4H2,1-2H3. The highest BCUT2D eigenvalue weighted by atomic mass is 35.5. The first-order chi connectivity index (χ1) is 7.61. The van der Waals surface area contributed by atoms with Crippen molar-refractivity contribution in [2.75, 3.05) is 27.4 Å². The number of hydrogen-bond donors (Lipinski definition) is 1. The minimum absolute atomic E-state index is 0.0153. The maximum absolute atomic E-state index is 11.2. The molecule has 5 nitrogen and oxygen atoms in total. The Bertz CT molecular complexity index is 376. The van der Waals surface area contributed by atoms with Crippen LogP contribution in [0.4, 0.5) is 0 Å². The number of carbonyl (C=O) groups is 1. The summed E-state index contributed by atoms with van der Waals surface area (Å²) in [6, 6.07) is 0. The van der Waals surface area contributed by atoms with E-state index in [1.165, 1.54) is 14.2 Å². The third-order valence-corrected chi connectivity index (χ3v) is 3.22. The molecule has 0 aromatic carbocycles. The zero-order valence-electron chi connectivity index (χ0n) is 8.78. The molecule has 1 heterocycles. The summed E-state index contributed by atoms with van der Waals surface area (Å²) in [5.41, 5.74) is 0. The lowest BCUT2D eigenvalue weighted by Gasteiger charge is -2.01. The molecule has 0 radical (unpaired) electrons. The molecule has 0 aliphatic heterocycles. The highest BCUT2D eigenvalue weighted by Crippen LogP contribution is 2.44. The molecule has 0 aliphatic rings. The van der Waals surface area contributed by atoms with Crippen molar-refractivity contribution in [1.82, 2.24) is 0 Å². The number of hydrogen-bond acceptors (Lipinski definition) is 6. The van der Waals surface area contributed by atoms with Crippen LogP contribution in [0.2, 0.25) is 5.02 Å². The van der Waals surface area contributed by atoms with Gasteiger partial charge in [0.25, 0.3) is 0 Å². The van der Waals surface area contributed by atoms with Crippen LogP contribution in [0.1, 0.15) is 9.67 Å². The monoisotopic (exact) mass is 266 g/mol. The Morgan fingerprint density at radius 3 is 2.69 bits per heavy atom. The van der Waals surface area contributed by atoms with Crippen molar-refractivity contribution < 1.29 is 24.1 Å². The summed E-state index contributed by atoms with van der Waals surface area (Å²) in [7, 11) is 2.76. The van der Waals surface area contributed by atoms with Gasteiger partial charge in [0.05, 0.1) is 13.7 Å². The molecule has 0 aliphatic carbocycles. The molecule has 90 valence electrons. The van der Waals surface area contributed by atoms with Crippen molar-refractivity contribution in [3.63, 3.8) is 0 Å². The predicted molar refractivity (Wildman–Crippen MR) is 59.7 cm³/mol. The van der Waals surface area contributed by atoms with E-state index in [9.17, 15) is 9.90 Å². The van der Waals surface area contributed by atoms with Gasteiger partial charge in [0.1, 0.15) is 11.6 Å². The van der Waals surface area contributed by atoms with Gasteiger partial charge >= 0.3 is 5.97 Å². The average molecular weight is 267 g/mol. The molecule has 0 bridgehead atoms. The van der Waals surface area contributed by atoms with Crippen molar-refractivity contribution in [2.24, 2.45) is 0 Å². The van der Waals surface area contributed by atoms with Crippen LogP contribution in [-0.4, -0.2) is 38.5 Å². The summed E-state index contributed by atoms with van der Waals surface area (Å²) in [5, 5.41) is 9.83. The van der Waals surface area contributed by atoms with E-state index >= 15 is 0 Å². The van der Waals surface area contributed by atoms with Crippen molar-refractivity contribution in [1.29, 1.82) is 0 Å². The molecule has 0 saturated carbocycles. The van der Waals surface area contributed by atoms with Crippen LogP contribution in [0, 0.1) is 0 Å². The highest BCUT2D eigenvalue weighted by Gasteiger charge is 2.23. The highest BCUT2D eigenvalue weighted by molar-refractivity contribution is 7.16. The van der Waals surface area contributed by atoms with Gasteiger partial charge in [-0.3, -0.25) is 0 Å². The van der Waals surface area contributed by atoms with Crippen molar-refractivity contribution >= 4 is 28.9 Å². The third kappa shape index (κ3) is 2.78. The minimum Gasteiger partial charge on any atom is -0.505 e. The number of rotatable bonds is 5. The van der Waals surface area contributed by atoms with Gasteiger partial charge in [0, 0.05) is 7.11 Å². The van der Waals surface area contributed by atoms with E-state index in [0.29, 0.717) is 6.61 Å². The van der Waals surface area contributed by atoms with Gasteiger partial charge < -0.3 is 19.3 Å². The minimum atomic E-state index is -0.647. The fourth-order valence-electron chi connectivity index (χ4n) is 0.924. The van der Waals surface area contributed by atoms with Gasteiger partial charge in [0.15, 0.2) is 15.7 Å². The summed E-state index contributed by atoms with van der Waals surface area (Å²) in [6.45, 7) is 0.680. The van der Waals surface area contributed by atoms with E-state index in [2.05, 4.69) is 4.74 Å². The normalized spacial score (nSPS) is 10.2. The molecule has 0 fully saturated rings. The van der Waals surface area contributed by atoms with Gasteiger partial charge in [-0.2, -0.15) is 0 Å². The number of methoxy groups -OCH3 is 2. The lowest BCUT2D eigenvalue weighted by Crippen LogP contribution is -2.03. The maximum atomic E-state index is 11.2. The lowest BCUT2D eigenvalue weighted by molar-refractivity contribution is 0.0603. The number of esters is 1. The molecule has 0 atom stereocenters. The molecule has 0 amide bonds. The maximum Gasteiger partial charge on any atom is 0.352 e. The topological polar surface area (TPSA) is 65.0 Å². The lowest BCUT2D eigenvalue weighted by atomic mass is 10.4. The zero-order valence-corrected chi connectivity index (χ0v) is 10.4. The van der Waals surface area contributed by atoms with Gasteiger partial charge in [-0.1, -0.05) is 22.9 Å². The average Bonchev–Trinajstić information content (AvgIpc) is 2.57. The zero-order chi connectivity index (χ0) is 12.1. The third-order valence-electron chi connectivity index (χ3n) is 1.69. The molecule has 0 spiro atoms. The summed E-state index contributed by atoms with van der Waals surface area (Å²) >= 11 is 6.72. The Kier molecular flexibility index (Phi) is 4.85. The largest absolute Gasteiger partial charge is 0.505 e. The first-order valence-corrected chi connectivity index (χ1v) is 5.52. The van der Waals surface area contributed by atoms with Crippen molar-refractivity contribution in [3.05, 3.63) is 9.90 Å². The van der Waals surface area contributed by atoms with E-state index in [0.717, 1.165) is 11.3 Å². The summed E-state index contributed by atoms with van der Waals surface area (Å²) in [5.74, 6) is -0.961. The number of halogens is 1. The fourth-order valence-corrected chi connectivity index (χ4v) is 2.12. The molecule has 1 aromatic rings. The fraction of sp³-hybridized carbons (Fsp3) is 0.444. The van der Waals surface area contributed by atoms with Crippen LogP contribution in [0.25, 0.3) is 0 Å². The van der Waals surface area contributed by atoms with Crippen LogP contribution in [0.15, 0.2) is 0 Å². The van der Waals surface area contributed by atoms with Crippen LogP contribution in [-0.2, 0) is 9.47 Å². The van der Waals surface area contributed by atoms with Crippen molar-refractivity contribution in [2.45, 2.75) is 0 Å². The Morgan fingerprint density at radius 2 is 2.12 bits per heavy atom. The number of aromatic hydroxyl groups is 1. The molecular formula is C9H11ClO5S. The predicted octanol–water partition coefficient (Wildman–Crippen LogP) is 1.92. The Balaban J connectivity index is 2.83. The quantitative estimate of drug-likeness (QED) is 0.652. The Labute approximate surface area is 101 Å². The first-order valence-electron chi connectivity index (χ1n) is 4.33. The van der Waals surface area contributed by atoms with Gasteiger partial charge in [-0.05, 0) is 0 Å². The summed E-state index contributed by atoms with van der Waals surface area (Å²) in [4.78, 5) is 11.2. The van der Waals surface area contributed by atoms with Crippen LogP contribution in [0.5, 0.6) is 10.8 Å². The number of ether oxygens (including phenoxy) is 3. The first kappa shape index (κ1) is 13.1. The van der Waals surface area contributed by atoms with E-state index in [-0.39, 0.29) is 27.3 Å². The van der Waals surface area contributed by atoms with E-state index in [4.69, 9.17) is 21.1 Å². The van der Waals surface area contributed by atoms with Crippen LogP contribution >= 0.6 is 22.9 Å². The Hall–Kier alpha value is -0.980. The summed E-state index contributed by atoms with van der Waals surface area (Å²) in [6.07, 6.45) is 0. The van der Waals surface area contributed by atoms with E-state index < -0.39 is 5.97 Å². The van der Waals surface area contributed by atoms with E-state index in [1.807, 2.05) is 0 Å². The smallest absolute Gasteiger partial charge is 0.352 e. The molecule has 0 unspecified atom stereocenters. The molecule has 1 rings (SSSR count). The molecule has 1 aromatic heterocycles. The molecular weight excluding hydrogens is 256 g/mol. The molecule has 7 heteroatoms. The second kappa shape index (κ2) is 5.93. The Morgan fingerprint density at radius 1 is 1.44 bits per heavy atom. The second-order valence-corrected chi connectivity index (χ2v) is 4.08. The second-order valence-electron chi connectivity index (χ2n) is 2.71. The molecule has 0 saturated heterocycles. The van der Waals surface area contributed by atoms with Gasteiger partial charge in [-0.25, -0.2) is 4.79 Å².